The van der Waals surface area contributed by atoms with Crippen LogP contribution in [0.4, 0.5) is 0 Å². The maximum Gasteiger partial charge on any atom is -0.00998 e. The zero-order chi connectivity index (χ0) is 16.9. The minimum atomic E-state index is 0.708. The van der Waals surface area contributed by atoms with Gasteiger partial charge in [-0.3, -0.25) is 0 Å². The Hall–Kier alpha value is -0.780. The normalized spacial score (nSPS) is 35.7. The number of hydrogen-bond donors (Lipinski definition) is 0. The van der Waals surface area contributed by atoms with Gasteiger partial charge in [-0.05, 0) is 104 Å². The molecule has 22 heavy (non-hydrogen) atoms. The maximum absolute atomic E-state index is 2.50. The van der Waals surface area contributed by atoms with Gasteiger partial charge in [0.2, 0.25) is 0 Å². The third-order valence-corrected chi connectivity index (χ3v) is 7.84. The standard InChI is InChI=1S/C22H36/c1-11-13(3)17(7)21(18(8)14(11)4)22-19(9)15(5)12(2)16(6)20(22)10/h11,13-14,17-18,21H,1-10H3. The van der Waals surface area contributed by atoms with Gasteiger partial charge in [-0.2, -0.15) is 0 Å². The second-order valence-corrected chi connectivity index (χ2v) is 8.36. The van der Waals surface area contributed by atoms with Gasteiger partial charge >= 0.3 is 0 Å². The van der Waals surface area contributed by atoms with Crippen LogP contribution in [0, 0.1) is 64.2 Å². The van der Waals surface area contributed by atoms with E-state index < -0.39 is 0 Å². The molecule has 0 saturated heterocycles. The molecule has 0 nitrogen and oxygen atoms in total. The summed E-state index contributed by atoms with van der Waals surface area (Å²) in [4.78, 5) is 0. The largest absolute Gasteiger partial charge is 0.0620 e. The minimum absolute atomic E-state index is 0.708. The Morgan fingerprint density at radius 3 is 1.05 bits per heavy atom. The molecule has 0 amide bonds. The summed E-state index contributed by atoms with van der Waals surface area (Å²) in [5.41, 5.74) is 9.29. The molecule has 124 valence electrons. The van der Waals surface area contributed by atoms with E-state index in [1.54, 1.807) is 16.7 Å². The van der Waals surface area contributed by atoms with Crippen molar-refractivity contribution in [3.8, 4) is 0 Å². The van der Waals surface area contributed by atoms with E-state index >= 15 is 0 Å². The lowest BCUT2D eigenvalue weighted by molar-refractivity contribution is 0.0588. The van der Waals surface area contributed by atoms with Crippen molar-refractivity contribution in [1.82, 2.24) is 0 Å². The summed E-state index contributed by atoms with van der Waals surface area (Å²) in [5, 5.41) is 0. The summed E-state index contributed by atoms with van der Waals surface area (Å²) >= 11 is 0. The van der Waals surface area contributed by atoms with Crippen LogP contribution in [0.3, 0.4) is 0 Å². The fourth-order valence-corrected chi connectivity index (χ4v) is 5.12. The summed E-state index contributed by atoms with van der Waals surface area (Å²) < 4.78 is 0. The Morgan fingerprint density at radius 1 is 0.409 bits per heavy atom. The van der Waals surface area contributed by atoms with Gasteiger partial charge in [-0.25, -0.2) is 0 Å². The molecular weight excluding hydrogens is 264 g/mol. The maximum atomic E-state index is 2.50. The monoisotopic (exact) mass is 300 g/mol. The van der Waals surface area contributed by atoms with E-state index in [0.717, 1.165) is 29.6 Å². The Bertz CT molecular complexity index is 521. The molecule has 1 aliphatic carbocycles. The van der Waals surface area contributed by atoms with Gasteiger partial charge in [0.1, 0.15) is 0 Å². The van der Waals surface area contributed by atoms with E-state index in [2.05, 4.69) is 69.2 Å². The van der Waals surface area contributed by atoms with Crippen LogP contribution in [0.25, 0.3) is 0 Å². The predicted molar refractivity (Wildman–Crippen MR) is 98.7 cm³/mol. The average Bonchev–Trinajstić information content (AvgIpc) is 2.50. The van der Waals surface area contributed by atoms with Crippen molar-refractivity contribution >= 4 is 0 Å². The minimum Gasteiger partial charge on any atom is -0.0620 e. The van der Waals surface area contributed by atoms with Crippen molar-refractivity contribution in [1.29, 1.82) is 0 Å². The molecule has 1 saturated carbocycles. The lowest BCUT2D eigenvalue weighted by Crippen LogP contribution is -2.40. The summed E-state index contributed by atoms with van der Waals surface area (Å²) in [6.07, 6.45) is 0. The molecule has 1 aromatic carbocycles. The van der Waals surface area contributed by atoms with Gasteiger partial charge in [0, 0.05) is 0 Å². The zero-order valence-electron chi connectivity index (χ0n) is 16.5. The first-order chi connectivity index (χ1) is 10.1. The van der Waals surface area contributed by atoms with E-state index in [0.29, 0.717) is 5.92 Å². The first-order valence-corrected chi connectivity index (χ1v) is 9.18. The molecule has 2 rings (SSSR count). The molecule has 0 aliphatic heterocycles. The van der Waals surface area contributed by atoms with Crippen LogP contribution in [0.15, 0.2) is 0 Å². The molecule has 0 heteroatoms. The first kappa shape index (κ1) is 17.6. The van der Waals surface area contributed by atoms with Gasteiger partial charge in [-0.1, -0.05) is 34.6 Å². The van der Waals surface area contributed by atoms with Crippen molar-refractivity contribution in [3.05, 3.63) is 33.4 Å². The molecule has 1 aromatic rings. The topological polar surface area (TPSA) is 0 Å². The number of benzene rings is 1. The summed E-state index contributed by atoms with van der Waals surface area (Å²) in [5.74, 6) is 4.67. The highest BCUT2D eigenvalue weighted by Gasteiger charge is 2.42. The number of hydrogen-bond acceptors (Lipinski definition) is 0. The highest BCUT2D eigenvalue weighted by atomic mass is 14.5. The van der Waals surface area contributed by atoms with Crippen molar-refractivity contribution in [2.24, 2.45) is 29.6 Å². The number of rotatable bonds is 1. The Balaban J connectivity index is 2.65. The Kier molecular flexibility index (Phi) is 4.81. The first-order valence-electron chi connectivity index (χ1n) is 9.18. The lowest BCUT2D eigenvalue weighted by atomic mass is 9.56. The second kappa shape index (κ2) is 6.02. The van der Waals surface area contributed by atoms with Crippen LogP contribution >= 0.6 is 0 Å². The van der Waals surface area contributed by atoms with Crippen LogP contribution in [0.2, 0.25) is 0 Å². The van der Waals surface area contributed by atoms with Crippen LogP contribution < -0.4 is 0 Å². The average molecular weight is 301 g/mol. The fraction of sp³-hybridized carbons (Fsp3) is 0.727. The van der Waals surface area contributed by atoms with Crippen molar-refractivity contribution in [2.75, 3.05) is 0 Å². The van der Waals surface area contributed by atoms with E-state index in [-0.39, 0.29) is 0 Å². The third kappa shape index (κ3) is 2.43. The van der Waals surface area contributed by atoms with Gasteiger partial charge in [-0.15, -0.1) is 0 Å². The van der Waals surface area contributed by atoms with Crippen molar-refractivity contribution in [3.63, 3.8) is 0 Å². The van der Waals surface area contributed by atoms with Gasteiger partial charge in [0.15, 0.2) is 0 Å². The zero-order valence-corrected chi connectivity index (χ0v) is 16.5. The molecule has 1 fully saturated rings. The molecule has 0 heterocycles. The molecule has 0 bridgehead atoms. The quantitative estimate of drug-likeness (QED) is 0.555. The van der Waals surface area contributed by atoms with Crippen LogP contribution in [-0.2, 0) is 0 Å². The molecular formula is C22H36. The van der Waals surface area contributed by atoms with E-state index in [4.69, 9.17) is 0 Å². The van der Waals surface area contributed by atoms with Gasteiger partial charge in [0.05, 0.1) is 0 Å². The van der Waals surface area contributed by atoms with E-state index in [1.807, 2.05) is 0 Å². The summed E-state index contributed by atoms with van der Waals surface area (Å²) in [6, 6.07) is 0. The van der Waals surface area contributed by atoms with Crippen LogP contribution in [0.5, 0.6) is 0 Å². The van der Waals surface area contributed by atoms with Gasteiger partial charge < -0.3 is 0 Å². The van der Waals surface area contributed by atoms with Crippen LogP contribution in [-0.4, -0.2) is 0 Å². The summed E-state index contributed by atoms with van der Waals surface area (Å²) in [6.45, 7) is 24.0. The van der Waals surface area contributed by atoms with Crippen molar-refractivity contribution < 1.29 is 0 Å². The SMILES string of the molecule is Cc1c(C)c(C)c(C2C(C)C(C)C(C)C(C)C2C)c(C)c1C. The summed E-state index contributed by atoms with van der Waals surface area (Å²) in [7, 11) is 0. The van der Waals surface area contributed by atoms with Crippen LogP contribution in [0.1, 0.15) is 73.9 Å². The molecule has 0 radical (unpaired) electrons. The van der Waals surface area contributed by atoms with E-state index in [1.165, 1.54) is 16.7 Å². The predicted octanol–water partition coefficient (Wildman–Crippen LogP) is 6.51. The lowest BCUT2D eigenvalue weighted by Gasteiger charge is -2.48. The Labute approximate surface area is 138 Å². The molecule has 4 atom stereocenters. The van der Waals surface area contributed by atoms with E-state index in [9.17, 15) is 0 Å². The highest BCUT2D eigenvalue weighted by molar-refractivity contribution is 5.51. The van der Waals surface area contributed by atoms with Crippen molar-refractivity contribution in [2.45, 2.75) is 75.2 Å². The molecule has 1 aliphatic rings. The Morgan fingerprint density at radius 2 is 0.682 bits per heavy atom. The second-order valence-electron chi connectivity index (χ2n) is 8.36. The molecule has 0 spiro atoms. The highest BCUT2D eigenvalue weighted by Crippen LogP contribution is 2.52. The molecule has 4 unspecified atom stereocenters. The molecule has 0 aromatic heterocycles. The molecule has 0 N–H and O–H groups in total. The third-order valence-electron chi connectivity index (χ3n) is 7.84. The smallest absolute Gasteiger partial charge is 0.00998 e. The fourth-order valence-electron chi connectivity index (χ4n) is 5.12. The van der Waals surface area contributed by atoms with Gasteiger partial charge in [0.25, 0.3) is 0 Å².